The summed E-state index contributed by atoms with van der Waals surface area (Å²) in [6, 6.07) is 7.22. The van der Waals surface area contributed by atoms with E-state index in [0.29, 0.717) is 6.54 Å². The Morgan fingerprint density at radius 3 is 2.88 bits per heavy atom. The minimum absolute atomic E-state index is 0.398. The molecule has 84 valence electrons. The first-order valence-electron chi connectivity index (χ1n) is 4.88. The van der Waals surface area contributed by atoms with E-state index in [1.807, 2.05) is 35.0 Å². The van der Waals surface area contributed by atoms with Gasteiger partial charge in [0.25, 0.3) is 0 Å². The normalized spacial score (nSPS) is 12.9. The van der Waals surface area contributed by atoms with Gasteiger partial charge >= 0.3 is 0 Å². The van der Waals surface area contributed by atoms with Crippen molar-refractivity contribution in [1.29, 1.82) is 0 Å². The van der Waals surface area contributed by atoms with Crippen LogP contribution in [0, 0.1) is 0 Å². The van der Waals surface area contributed by atoms with Crippen LogP contribution in [0.15, 0.2) is 34.9 Å². The lowest BCUT2D eigenvalue weighted by molar-refractivity contribution is -0.119. The van der Waals surface area contributed by atoms with Crippen LogP contribution in [-0.2, 0) is 11.3 Å². The fourth-order valence-corrected chi connectivity index (χ4v) is 2.13. The van der Waals surface area contributed by atoms with Crippen LogP contribution in [-0.4, -0.2) is 16.5 Å². The lowest BCUT2D eigenvalue weighted by Crippen LogP contribution is -2.39. The molecule has 1 heterocycles. The van der Waals surface area contributed by atoms with Crippen LogP contribution in [0.25, 0.3) is 10.9 Å². The van der Waals surface area contributed by atoms with Crippen LogP contribution in [0.4, 0.5) is 0 Å². The van der Waals surface area contributed by atoms with Crippen molar-refractivity contribution in [2.24, 2.45) is 11.5 Å². The highest BCUT2D eigenvalue weighted by Crippen LogP contribution is 2.24. The fraction of sp³-hybridized carbons (Fsp3) is 0.182. The first kappa shape index (κ1) is 11.2. The average Bonchev–Trinajstić information content (AvgIpc) is 2.63. The van der Waals surface area contributed by atoms with Gasteiger partial charge in [-0.25, -0.2) is 0 Å². The molecule has 16 heavy (non-hydrogen) atoms. The molecule has 2 rings (SSSR count). The van der Waals surface area contributed by atoms with Crippen LogP contribution in [0.1, 0.15) is 0 Å². The monoisotopic (exact) mass is 281 g/mol. The Labute approximate surface area is 101 Å². The summed E-state index contributed by atoms with van der Waals surface area (Å²) in [4.78, 5) is 10.9. The van der Waals surface area contributed by atoms with Crippen molar-refractivity contribution < 1.29 is 4.79 Å². The maximum Gasteiger partial charge on any atom is 0.236 e. The molecule has 0 radical (unpaired) electrons. The summed E-state index contributed by atoms with van der Waals surface area (Å²) < 4.78 is 2.95. The van der Waals surface area contributed by atoms with Crippen molar-refractivity contribution in [2.45, 2.75) is 12.6 Å². The van der Waals surface area contributed by atoms with E-state index in [1.54, 1.807) is 0 Å². The molecule has 0 aliphatic carbocycles. The van der Waals surface area contributed by atoms with Gasteiger partial charge in [-0.1, -0.05) is 22.0 Å². The molecule has 0 saturated heterocycles. The van der Waals surface area contributed by atoms with E-state index < -0.39 is 11.9 Å². The molecule has 0 fully saturated rings. The maximum absolute atomic E-state index is 10.9. The summed E-state index contributed by atoms with van der Waals surface area (Å²) >= 11 is 3.47. The van der Waals surface area contributed by atoms with E-state index in [1.165, 1.54) is 0 Å². The van der Waals surface area contributed by atoms with Crippen LogP contribution >= 0.6 is 15.9 Å². The number of hydrogen-bond acceptors (Lipinski definition) is 2. The summed E-state index contributed by atoms with van der Waals surface area (Å²) in [5, 5.41) is 1.10. The van der Waals surface area contributed by atoms with E-state index in [4.69, 9.17) is 11.5 Å². The molecule has 2 aromatic rings. The van der Waals surface area contributed by atoms with E-state index >= 15 is 0 Å². The van der Waals surface area contributed by atoms with Gasteiger partial charge in [0.15, 0.2) is 0 Å². The summed E-state index contributed by atoms with van der Waals surface area (Å²) in [5.41, 5.74) is 11.8. The lowest BCUT2D eigenvalue weighted by atomic mass is 10.2. The fourth-order valence-electron chi connectivity index (χ4n) is 1.65. The molecule has 4 nitrogen and oxygen atoms in total. The van der Waals surface area contributed by atoms with E-state index in [9.17, 15) is 4.79 Å². The molecule has 4 N–H and O–H groups in total. The standard InChI is InChI=1S/C11H12BrN3O/c12-8-2-1-3-10-7(8)4-5-15(10)6-9(13)11(14)16/h1-5,9H,6,13H2,(H2,14,16). The Bertz CT molecular complexity index is 535. The van der Waals surface area contributed by atoms with Crippen LogP contribution < -0.4 is 11.5 Å². The number of primary amides is 1. The third kappa shape index (κ3) is 1.96. The molecular weight excluding hydrogens is 270 g/mol. The van der Waals surface area contributed by atoms with Gasteiger partial charge < -0.3 is 16.0 Å². The summed E-state index contributed by atoms with van der Waals surface area (Å²) in [7, 11) is 0. The molecule has 0 bridgehead atoms. The molecule has 1 aromatic heterocycles. The topological polar surface area (TPSA) is 74.0 Å². The van der Waals surface area contributed by atoms with E-state index in [0.717, 1.165) is 15.4 Å². The summed E-state index contributed by atoms with van der Waals surface area (Å²) in [5.74, 6) is -0.489. The highest BCUT2D eigenvalue weighted by Gasteiger charge is 2.11. The number of carbonyl (C=O) groups is 1. The Balaban J connectivity index is 2.39. The minimum atomic E-state index is -0.658. The van der Waals surface area contributed by atoms with Gasteiger partial charge in [0.2, 0.25) is 5.91 Å². The second-order valence-corrected chi connectivity index (χ2v) is 4.50. The SMILES string of the molecule is NC(=O)C(N)Cn1ccc2c(Br)cccc21. The molecule has 0 aliphatic rings. The highest BCUT2D eigenvalue weighted by atomic mass is 79.9. The van der Waals surface area contributed by atoms with Gasteiger partial charge in [-0.3, -0.25) is 4.79 Å². The van der Waals surface area contributed by atoms with Gasteiger partial charge in [0, 0.05) is 28.1 Å². The van der Waals surface area contributed by atoms with Gasteiger partial charge in [-0.05, 0) is 18.2 Å². The van der Waals surface area contributed by atoms with E-state index in [2.05, 4.69) is 15.9 Å². The van der Waals surface area contributed by atoms with Crippen molar-refractivity contribution in [1.82, 2.24) is 4.57 Å². The lowest BCUT2D eigenvalue weighted by Gasteiger charge is -2.10. The Morgan fingerprint density at radius 1 is 1.44 bits per heavy atom. The molecule has 5 heteroatoms. The molecular formula is C11H12BrN3O. The quantitative estimate of drug-likeness (QED) is 0.888. The molecule has 1 atom stereocenters. The van der Waals surface area contributed by atoms with Gasteiger partial charge in [0.05, 0.1) is 0 Å². The van der Waals surface area contributed by atoms with Crippen molar-refractivity contribution in [3.63, 3.8) is 0 Å². The number of halogens is 1. The number of nitrogens with two attached hydrogens (primary N) is 2. The molecule has 0 saturated carbocycles. The molecule has 1 aromatic carbocycles. The number of rotatable bonds is 3. The number of nitrogens with zero attached hydrogens (tertiary/aromatic N) is 1. The summed E-state index contributed by atoms with van der Waals surface area (Å²) in [6.45, 7) is 0.398. The van der Waals surface area contributed by atoms with Gasteiger partial charge in [0.1, 0.15) is 6.04 Å². The van der Waals surface area contributed by atoms with Crippen molar-refractivity contribution in [3.05, 3.63) is 34.9 Å². The second kappa shape index (κ2) is 4.27. The zero-order chi connectivity index (χ0) is 11.7. The number of hydrogen-bond donors (Lipinski definition) is 2. The first-order valence-corrected chi connectivity index (χ1v) is 5.67. The predicted octanol–water partition coefficient (Wildman–Crippen LogP) is 1.22. The Kier molecular flexibility index (Phi) is 2.98. The van der Waals surface area contributed by atoms with Crippen LogP contribution in [0.5, 0.6) is 0 Å². The average molecular weight is 282 g/mol. The highest BCUT2D eigenvalue weighted by molar-refractivity contribution is 9.10. The van der Waals surface area contributed by atoms with Crippen molar-refractivity contribution in [3.8, 4) is 0 Å². The Hall–Kier alpha value is -1.33. The number of benzene rings is 1. The van der Waals surface area contributed by atoms with Crippen LogP contribution in [0.3, 0.4) is 0 Å². The first-order chi connectivity index (χ1) is 7.59. The molecule has 0 spiro atoms. The van der Waals surface area contributed by atoms with Gasteiger partial charge in [-0.15, -0.1) is 0 Å². The molecule has 0 aliphatic heterocycles. The minimum Gasteiger partial charge on any atom is -0.368 e. The second-order valence-electron chi connectivity index (χ2n) is 3.65. The third-order valence-corrected chi connectivity index (χ3v) is 3.21. The number of carbonyl (C=O) groups excluding carboxylic acids is 1. The largest absolute Gasteiger partial charge is 0.368 e. The summed E-state index contributed by atoms with van der Waals surface area (Å²) in [6.07, 6.45) is 1.90. The van der Waals surface area contributed by atoms with E-state index in [-0.39, 0.29) is 0 Å². The number of aromatic nitrogens is 1. The zero-order valence-electron chi connectivity index (χ0n) is 8.56. The van der Waals surface area contributed by atoms with Gasteiger partial charge in [-0.2, -0.15) is 0 Å². The molecule has 1 amide bonds. The van der Waals surface area contributed by atoms with Crippen molar-refractivity contribution >= 4 is 32.7 Å². The zero-order valence-corrected chi connectivity index (χ0v) is 10.1. The number of fused-ring (bicyclic) bond motifs is 1. The number of amides is 1. The third-order valence-electron chi connectivity index (χ3n) is 2.52. The Morgan fingerprint density at radius 2 is 2.19 bits per heavy atom. The smallest absolute Gasteiger partial charge is 0.236 e. The predicted molar refractivity (Wildman–Crippen MR) is 66.8 cm³/mol. The van der Waals surface area contributed by atoms with Crippen molar-refractivity contribution in [2.75, 3.05) is 0 Å². The van der Waals surface area contributed by atoms with Crippen LogP contribution in [0.2, 0.25) is 0 Å². The molecule has 1 unspecified atom stereocenters. The maximum atomic E-state index is 10.9.